The molecule has 1 aromatic rings. The van der Waals surface area contributed by atoms with Crippen molar-refractivity contribution in [2.45, 2.75) is 19.9 Å². The quantitative estimate of drug-likeness (QED) is 0.825. The van der Waals surface area contributed by atoms with Gasteiger partial charge in [-0.25, -0.2) is 0 Å². The van der Waals surface area contributed by atoms with Gasteiger partial charge in [0.05, 0.1) is 6.04 Å². The third kappa shape index (κ3) is 4.19. The molecule has 5 nitrogen and oxygen atoms in total. The van der Waals surface area contributed by atoms with Gasteiger partial charge in [-0.2, -0.15) is 0 Å². The van der Waals surface area contributed by atoms with Gasteiger partial charge in [-0.3, -0.25) is 9.69 Å². The van der Waals surface area contributed by atoms with Crippen molar-refractivity contribution in [3.05, 3.63) is 24.3 Å². The molecular weight excluding hydrogens is 264 g/mol. The molecule has 2 rings (SSSR count). The molecule has 116 valence electrons. The van der Waals surface area contributed by atoms with E-state index in [1.807, 2.05) is 12.1 Å². The van der Waals surface area contributed by atoms with Crippen molar-refractivity contribution >= 4 is 17.3 Å². The van der Waals surface area contributed by atoms with Crippen LogP contribution in [0, 0.1) is 5.92 Å². The van der Waals surface area contributed by atoms with Crippen molar-refractivity contribution in [1.82, 2.24) is 9.80 Å². The first-order valence-corrected chi connectivity index (χ1v) is 7.56. The SMILES string of the molecule is CC(C)C(C(=O)Nc1ccc(N)cc1)N1CCN(C)CC1. The second-order valence-corrected chi connectivity index (χ2v) is 6.14. The summed E-state index contributed by atoms with van der Waals surface area (Å²) in [5, 5.41) is 3.01. The van der Waals surface area contributed by atoms with Crippen LogP contribution in [0.5, 0.6) is 0 Å². The largest absolute Gasteiger partial charge is 0.399 e. The lowest BCUT2D eigenvalue weighted by atomic mass is 10.0. The zero-order valence-electron chi connectivity index (χ0n) is 13.2. The highest BCUT2D eigenvalue weighted by Gasteiger charge is 2.30. The molecule has 1 saturated heterocycles. The van der Waals surface area contributed by atoms with Crippen molar-refractivity contribution in [3.8, 4) is 0 Å². The number of hydrogen-bond donors (Lipinski definition) is 2. The van der Waals surface area contributed by atoms with Gasteiger partial charge in [0, 0.05) is 37.6 Å². The van der Waals surface area contributed by atoms with Crippen LogP contribution in [0.25, 0.3) is 0 Å². The Kier molecular flexibility index (Phi) is 5.20. The molecule has 1 fully saturated rings. The van der Waals surface area contributed by atoms with E-state index in [4.69, 9.17) is 5.73 Å². The predicted octanol–water partition coefficient (Wildman–Crippen LogP) is 1.48. The summed E-state index contributed by atoms with van der Waals surface area (Å²) in [6.07, 6.45) is 0. The van der Waals surface area contributed by atoms with E-state index >= 15 is 0 Å². The highest BCUT2D eigenvalue weighted by molar-refractivity contribution is 5.95. The van der Waals surface area contributed by atoms with Crippen molar-refractivity contribution < 1.29 is 4.79 Å². The molecule has 3 N–H and O–H groups in total. The topological polar surface area (TPSA) is 61.6 Å². The molecule has 5 heteroatoms. The molecule has 0 bridgehead atoms. The Balaban J connectivity index is 2.03. The fourth-order valence-corrected chi connectivity index (χ4v) is 2.77. The molecule has 0 saturated carbocycles. The maximum atomic E-state index is 12.6. The number of nitrogens with zero attached hydrogens (tertiary/aromatic N) is 2. The lowest BCUT2D eigenvalue weighted by Gasteiger charge is -2.38. The third-order valence-electron chi connectivity index (χ3n) is 4.01. The minimum atomic E-state index is -0.0868. The lowest BCUT2D eigenvalue weighted by Crippen LogP contribution is -2.54. The van der Waals surface area contributed by atoms with Crippen molar-refractivity contribution in [2.75, 3.05) is 44.3 Å². The Hall–Kier alpha value is -1.59. The molecule has 0 aliphatic carbocycles. The molecule has 1 aliphatic rings. The minimum absolute atomic E-state index is 0.0688. The second-order valence-electron chi connectivity index (χ2n) is 6.14. The third-order valence-corrected chi connectivity index (χ3v) is 4.01. The number of nitrogen functional groups attached to an aromatic ring is 1. The summed E-state index contributed by atoms with van der Waals surface area (Å²) in [6.45, 7) is 8.11. The zero-order chi connectivity index (χ0) is 15.4. The van der Waals surface area contributed by atoms with Gasteiger partial charge in [0.2, 0.25) is 5.91 Å². The fourth-order valence-electron chi connectivity index (χ4n) is 2.77. The summed E-state index contributed by atoms with van der Waals surface area (Å²) in [5.41, 5.74) is 7.17. The lowest BCUT2D eigenvalue weighted by molar-refractivity contribution is -0.123. The number of nitrogens with one attached hydrogen (secondary N) is 1. The van der Waals surface area contributed by atoms with Crippen LogP contribution in [-0.4, -0.2) is 55.0 Å². The number of likely N-dealkylation sites (N-methyl/N-ethyl adjacent to an activating group) is 1. The predicted molar refractivity (Wildman–Crippen MR) is 87.2 cm³/mol. The number of rotatable bonds is 4. The van der Waals surface area contributed by atoms with E-state index in [0.29, 0.717) is 5.69 Å². The van der Waals surface area contributed by atoms with Crippen LogP contribution in [0.1, 0.15) is 13.8 Å². The summed E-state index contributed by atoms with van der Waals surface area (Å²) in [7, 11) is 2.12. The monoisotopic (exact) mass is 290 g/mol. The Morgan fingerprint density at radius 1 is 1.14 bits per heavy atom. The molecule has 21 heavy (non-hydrogen) atoms. The maximum absolute atomic E-state index is 12.6. The number of benzene rings is 1. The van der Waals surface area contributed by atoms with E-state index in [1.165, 1.54) is 0 Å². The summed E-state index contributed by atoms with van der Waals surface area (Å²) in [4.78, 5) is 17.2. The zero-order valence-corrected chi connectivity index (χ0v) is 13.2. The highest BCUT2D eigenvalue weighted by Crippen LogP contribution is 2.17. The van der Waals surface area contributed by atoms with E-state index < -0.39 is 0 Å². The smallest absolute Gasteiger partial charge is 0.241 e. The molecule has 1 amide bonds. The summed E-state index contributed by atoms with van der Waals surface area (Å²) in [6, 6.07) is 7.20. The Morgan fingerprint density at radius 3 is 2.24 bits per heavy atom. The Bertz CT molecular complexity index is 464. The van der Waals surface area contributed by atoms with Gasteiger partial charge in [-0.15, -0.1) is 0 Å². The summed E-state index contributed by atoms with van der Waals surface area (Å²) < 4.78 is 0. The van der Waals surface area contributed by atoms with Gasteiger partial charge < -0.3 is 16.0 Å². The molecule has 1 aliphatic heterocycles. The average molecular weight is 290 g/mol. The molecule has 1 unspecified atom stereocenters. The molecule has 1 atom stereocenters. The van der Waals surface area contributed by atoms with Gasteiger partial charge in [0.25, 0.3) is 0 Å². The molecule has 1 heterocycles. The van der Waals surface area contributed by atoms with E-state index in [2.05, 4.69) is 36.0 Å². The van der Waals surface area contributed by atoms with Crippen LogP contribution in [0.4, 0.5) is 11.4 Å². The van der Waals surface area contributed by atoms with Crippen molar-refractivity contribution in [1.29, 1.82) is 0 Å². The molecule has 1 aromatic carbocycles. The number of piperazine rings is 1. The Labute approximate surface area is 127 Å². The normalized spacial score (nSPS) is 18.7. The van der Waals surface area contributed by atoms with Crippen LogP contribution >= 0.6 is 0 Å². The van der Waals surface area contributed by atoms with E-state index in [1.54, 1.807) is 12.1 Å². The second kappa shape index (κ2) is 6.91. The molecular formula is C16H26N4O. The number of hydrogen-bond acceptors (Lipinski definition) is 4. The van der Waals surface area contributed by atoms with Crippen molar-refractivity contribution in [3.63, 3.8) is 0 Å². The molecule has 0 spiro atoms. The van der Waals surface area contributed by atoms with E-state index in [0.717, 1.165) is 31.9 Å². The average Bonchev–Trinajstić information content (AvgIpc) is 2.43. The first kappa shape index (κ1) is 15.8. The van der Waals surface area contributed by atoms with E-state index in [-0.39, 0.29) is 17.9 Å². The standard InChI is InChI=1S/C16H26N4O/c1-12(2)15(20-10-8-19(3)9-11-20)16(21)18-14-6-4-13(17)5-7-14/h4-7,12,15H,8-11,17H2,1-3H3,(H,18,21). The van der Waals surface area contributed by atoms with Crippen LogP contribution in [0.2, 0.25) is 0 Å². The van der Waals surface area contributed by atoms with Gasteiger partial charge in [0.15, 0.2) is 0 Å². The van der Waals surface area contributed by atoms with Gasteiger partial charge >= 0.3 is 0 Å². The Morgan fingerprint density at radius 2 is 1.71 bits per heavy atom. The summed E-state index contributed by atoms with van der Waals surface area (Å²) in [5.74, 6) is 0.349. The number of anilines is 2. The number of nitrogens with two attached hydrogens (primary N) is 1. The molecule has 0 radical (unpaired) electrons. The minimum Gasteiger partial charge on any atom is -0.399 e. The number of carbonyl (C=O) groups is 1. The van der Waals surface area contributed by atoms with Gasteiger partial charge in [0.1, 0.15) is 0 Å². The van der Waals surface area contributed by atoms with E-state index in [9.17, 15) is 4.79 Å². The first-order chi connectivity index (χ1) is 9.97. The summed E-state index contributed by atoms with van der Waals surface area (Å²) >= 11 is 0. The van der Waals surface area contributed by atoms with Crippen LogP contribution in [0.15, 0.2) is 24.3 Å². The van der Waals surface area contributed by atoms with Gasteiger partial charge in [-0.05, 0) is 37.2 Å². The first-order valence-electron chi connectivity index (χ1n) is 7.56. The maximum Gasteiger partial charge on any atom is 0.241 e. The van der Waals surface area contributed by atoms with Crippen LogP contribution in [0.3, 0.4) is 0 Å². The van der Waals surface area contributed by atoms with Crippen LogP contribution < -0.4 is 11.1 Å². The van der Waals surface area contributed by atoms with Gasteiger partial charge in [-0.1, -0.05) is 13.8 Å². The van der Waals surface area contributed by atoms with Crippen LogP contribution in [-0.2, 0) is 4.79 Å². The number of carbonyl (C=O) groups excluding carboxylic acids is 1. The highest BCUT2D eigenvalue weighted by atomic mass is 16.2. The molecule has 0 aromatic heterocycles. The fraction of sp³-hybridized carbons (Fsp3) is 0.562. The van der Waals surface area contributed by atoms with Crippen molar-refractivity contribution in [2.24, 2.45) is 5.92 Å². The number of amides is 1.